The van der Waals surface area contributed by atoms with E-state index in [0.29, 0.717) is 44.6 Å². The predicted molar refractivity (Wildman–Crippen MR) is 105 cm³/mol. The number of para-hydroxylation sites is 1. The fourth-order valence-corrected chi connectivity index (χ4v) is 5.57. The van der Waals surface area contributed by atoms with E-state index in [4.69, 9.17) is 0 Å². The molecule has 0 atom stereocenters. The van der Waals surface area contributed by atoms with Crippen LogP contribution in [-0.4, -0.2) is 47.8 Å². The van der Waals surface area contributed by atoms with Gasteiger partial charge >= 0.3 is 0 Å². The van der Waals surface area contributed by atoms with Gasteiger partial charge in [0.05, 0.1) is 11.4 Å². The van der Waals surface area contributed by atoms with Gasteiger partial charge in [0.1, 0.15) is 10.6 Å². The zero-order chi connectivity index (χ0) is 19.9. The molecule has 0 aliphatic carbocycles. The second-order valence-electron chi connectivity index (χ2n) is 7.59. The summed E-state index contributed by atoms with van der Waals surface area (Å²) >= 11 is 0. The van der Waals surface area contributed by atoms with Crippen LogP contribution in [0.2, 0.25) is 0 Å². The Hall–Kier alpha value is -2.39. The molecule has 0 radical (unpaired) electrons. The van der Waals surface area contributed by atoms with Gasteiger partial charge in [-0.1, -0.05) is 12.1 Å². The largest absolute Gasteiger partial charge is 0.365 e. The summed E-state index contributed by atoms with van der Waals surface area (Å²) in [5.41, 5.74) is 1.87. The normalized spacial score (nSPS) is 19.9. The second kappa shape index (κ2) is 6.89. The molecule has 1 aromatic heterocycles. The van der Waals surface area contributed by atoms with Crippen LogP contribution in [0.5, 0.6) is 0 Å². The van der Waals surface area contributed by atoms with Crippen molar-refractivity contribution in [3.05, 3.63) is 41.7 Å². The molecule has 1 fully saturated rings. The highest BCUT2D eigenvalue weighted by atomic mass is 32.2. The number of likely N-dealkylation sites (tertiary alicyclic amines) is 1. The first-order valence-corrected chi connectivity index (χ1v) is 11.0. The van der Waals surface area contributed by atoms with Gasteiger partial charge in [0.15, 0.2) is 0 Å². The highest BCUT2D eigenvalue weighted by Crippen LogP contribution is 2.34. The van der Waals surface area contributed by atoms with E-state index in [2.05, 4.69) is 15.1 Å². The smallest absolute Gasteiger partial charge is 0.244 e. The molecular weight excluding hydrogens is 378 g/mol. The molecule has 150 valence electrons. The molecule has 0 unspecified atom stereocenters. The number of nitrogens with one attached hydrogen (secondary N) is 2. The maximum Gasteiger partial charge on any atom is 0.244 e. The average Bonchev–Trinajstić information content (AvgIpc) is 2.97. The molecule has 0 saturated carbocycles. The van der Waals surface area contributed by atoms with Gasteiger partial charge in [0.25, 0.3) is 0 Å². The molecule has 1 amide bonds. The molecule has 2 aliphatic heterocycles. The molecule has 3 heterocycles. The summed E-state index contributed by atoms with van der Waals surface area (Å²) in [5.74, 6) is 0.0708. The van der Waals surface area contributed by atoms with Crippen molar-refractivity contribution >= 4 is 21.6 Å². The molecule has 1 saturated heterocycles. The lowest BCUT2D eigenvalue weighted by atomic mass is 9.97. The van der Waals surface area contributed by atoms with E-state index in [1.807, 2.05) is 35.6 Å². The third-order valence-electron chi connectivity index (χ3n) is 5.49. The molecular formula is C19H25N5O3S. The first kappa shape index (κ1) is 18.9. The maximum atomic E-state index is 12.6. The summed E-state index contributed by atoms with van der Waals surface area (Å²) in [5, 5.41) is 7.75. The van der Waals surface area contributed by atoms with Crippen LogP contribution in [0.3, 0.4) is 0 Å². The number of benzene rings is 1. The Balaban J connectivity index is 1.39. The lowest BCUT2D eigenvalue weighted by Gasteiger charge is -2.45. The lowest BCUT2D eigenvalue weighted by molar-refractivity contribution is -0.133. The maximum absolute atomic E-state index is 12.6. The lowest BCUT2D eigenvalue weighted by Crippen LogP contribution is -2.62. The number of carbonyl (C=O) groups is 1. The Bertz CT molecular complexity index is 1010. The number of rotatable bonds is 3. The Morgan fingerprint density at radius 1 is 1.21 bits per heavy atom. The van der Waals surface area contributed by atoms with Crippen molar-refractivity contribution in [3.63, 3.8) is 0 Å². The van der Waals surface area contributed by atoms with Crippen LogP contribution in [0, 0.1) is 13.8 Å². The van der Waals surface area contributed by atoms with Gasteiger partial charge in [0, 0.05) is 44.6 Å². The Morgan fingerprint density at radius 2 is 1.93 bits per heavy atom. The van der Waals surface area contributed by atoms with E-state index >= 15 is 0 Å². The topological polar surface area (TPSA) is 96.3 Å². The fourth-order valence-electron chi connectivity index (χ4n) is 4.03. The summed E-state index contributed by atoms with van der Waals surface area (Å²) in [6.07, 6.45) is 1.43. The molecule has 1 spiro atoms. The number of hydrogen-bond acceptors (Lipinski definition) is 5. The van der Waals surface area contributed by atoms with Crippen LogP contribution in [0.4, 0.5) is 5.69 Å². The number of nitrogens with zero attached hydrogens (tertiary/aromatic N) is 3. The van der Waals surface area contributed by atoms with E-state index in [1.165, 1.54) is 0 Å². The van der Waals surface area contributed by atoms with Crippen LogP contribution < -0.4 is 10.0 Å². The van der Waals surface area contributed by atoms with Gasteiger partial charge in [0.2, 0.25) is 15.9 Å². The minimum absolute atomic E-state index is 0.0708. The van der Waals surface area contributed by atoms with E-state index in [1.54, 1.807) is 18.2 Å². The van der Waals surface area contributed by atoms with Crippen molar-refractivity contribution in [2.24, 2.45) is 0 Å². The van der Waals surface area contributed by atoms with E-state index in [-0.39, 0.29) is 10.8 Å². The van der Waals surface area contributed by atoms with Crippen LogP contribution in [0.15, 0.2) is 35.2 Å². The van der Waals surface area contributed by atoms with Crippen molar-refractivity contribution < 1.29 is 13.2 Å². The molecule has 28 heavy (non-hydrogen) atoms. The SMILES string of the molecule is Cc1cc(C)n(CCC(=O)N2CCC3(CC2)Nc2ccccc2S(=O)(=O)N3)n1. The Labute approximate surface area is 165 Å². The fraction of sp³-hybridized carbons (Fsp3) is 0.474. The number of amides is 1. The predicted octanol–water partition coefficient (Wildman–Crippen LogP) is 1.61. The van der Waals surface area contributed by atoms with Gasteiger partial charge in [-0.3, -0.25) is 9.48 Å². The zero-order valence-corrected chi connectivity index (χ0v) is 16.9. The van der Waals surface area contributed by atoms with Crippen molar-refractivity contribution in [1.82, 2.24) is 19.4 Å². The Kier molecular flexibility index (Phi) is 4.67. The number of hydrogen-bond donors (Lipinski definition) is 2. The summed E-state index contributed by atoms with van der Waals surface area (Å²) in [6.45, 7) is 5.49. The Morgan fingerprint density at radius 3 is 2.61 bits per heavy atom. The number of sulfonamides is 1. The van der Waals surface area contributed by atoms with E-state index in [9.17, 15) is 13.2 Å². The minimum Gasteiger partial charge on any atom is -0.365 e. The minimum atomic E-state index is -3.56. The first-order valence-electron chi connectivity index (χ1n) is 9.48. The molecule has 4 rings (SSSR count). The summed E-state index contributed by atoms with van der Waals surface area (Å²) in [6, 6.07) is 8.89. The molecule has 1 aromatic carbocycles. The second-order valence-corrected chi connectivity index (χ2v) is 9.24. The third-order valence-corrected chi connectivity index (χ3v) is 7.09. The summed E-state index contributed by atoms with van der Waals surface area (Å²) < 4.78 is 29.9. The molecule has 2 aliphatic rings. The number of fused-ring (bicyclic) bond motifs is 1. The van der Waals surface area contributed by atoms with E-state index < -0.39 is 15.7 Å². The van der Waals surface area contributed by atoms with Gasteiger partial charge < -0.3 is 10.2 Å². The monoisotopic (exact) mass is 403 g/mol. The number of piperidine rings is 1. The highest BCUT2D eigenvalue weighted by molar-refractivity contribution is 7.89. The third kappa shape index (κ3) is 3.51. The molecule has 2 aromatic rings. The average molecular weight is 404 g/mol. The first-order chi connectivity index (χ1) is 13.3. The van der Waals surface area contributed by atoms with E-state index in [0.717, 1.165) is 11.4 Å². The van der Waals surface area contributed by atoms with Crippen LogP contribution in [0.25, 0.3) is 0 Å². The van der Waals surface area contributed by atoms with Crippen LogP contribution in [-0.2, 0) is 21.4 Å². The number of anilines is 1. The van der Waals surface area contributed by atoms with Crippen LogP contribution in [0.1, 0.15) is 30.7 Å². The zero-order valence-electron chi connectivity index (χ0n) is 16.1. The molecule has 8 nitrogen and oxygen atoms in total. The quantitative estimate of drug-likeness (QED) is 0.812. The number of aromatic nitrogens is 2. The van der Waals surface area contributed by atoms with Gasteiger partial charge in [-0.05, 0) is 32.0 Å². The molecule has 0 bridgehead atoms. The van der Waals surface area contributed by atoms with Crippen molar-refractivity contribution in [3.8, 4) is 0 Å². The molecule has 2 N–H and O–H groups in total. The molecule has 9 heteroatoms. The van der Waals surface area contributed by atoms with Crippen LogP contribution >= 0.6 is 0 Å². The van der Waals surface area contributed by atoms with Gasteiger partial charge in [-0.25, -0.2) is 8.42 Å². The standard InChI is InChI=1S/C19H25N5O3S/c1-14-13-15(2)24(21-14)10-7-18(25)23-11-8-19(9-12-23)20-16-5-3-4-6-17(16)28(26,27)22-19/h3-6,13,20,22H,7-12H2,1-2H3. The highest BCUT2D eigenvalue weighted by Gasteiger charge is 2.43. The summed E-state index contributed by atoms with van der Waals surface area (Å²) in [4.78, 5) is 14.7. The summed E-state index contributed by atoms with van der Waals surface area (Å²) in [7, 11) is -3.56. The number of aryl methyl sites for hydroxylation is 3. The number of carbonyl (C=O) groups excluding carboxylic acids is 1. The van der Waals surface area contributed by atoms with Crippen molar-refractivity contribution in [1.29, 1.82) is 0 Å². The van der Waals surface area contributed by atoms with Gasteiger partial charge in [-0.15, -0.1) is 0 Å². The van der Waals surface area contributed by atoms with Crippen molar-refractivity contribution in [2.45, 2.75) is 50.2 Å². The van der Waals surface area contributed by atoms with Gasteiger partial charge in [-0.2, -0.15) is 9.82 Å². The van der Waals surface area contributed by atoms with Crippen molar-refractivity contribution in [2.75, 3.05) is 18.4 Å².